The number of imidazole rings is 1. The van der Waals surface area contributed by atoms with Gasteiger partial charge in [-0.3, -0.25) is 14.3 Å². The van der Waals surface area contributed by atoms with Gasteiger partial charge in [-0.05, 0) is 12.8 Å². The lowest BCUT2D eigenvalue weighted by molar-refractivity contribution is 0.292. The number of unbranched alkanes of at least 4 members (excludes halogenated alkanes) is 2. The number of hydrogen-bond donors (Lipinski definition) is 3. The fourth-order valence-electron chi connectivity index (χ4n) is 2.39. The first-order chi connectivity index (χ1) is 10.6. The van der Waals surface area contributed by atoms with Gasteiger partial charge in [-0.25, -0.2) is 4.79 Å². The third-order valence-corrected chi connectivity index (χ3v) is 3.61. The van der Waals surface area contributed by atoms with E-state index in [1.165, 1.54) is 4.57 Å². The molecule has 22 heavy (non-hydrogen) atoms. The molecule has 0 unspecified atom stereocenters. The Balaban J connectivity index is 2.49. The van der Waals surface area contributed by atoms with Gasteiger partial charge in [-0.1, -0.05) is 19.8 Å². The molecular weight excluding hydrogens is 286 g/mol. The van der Waals surface area contributed by atoms with Crippen LogP contribution in [-0.4, -0.2) is 37.4 Å². The van der Waals surface area contributed by atoms with Crippen LogP contribution in [0.1, 0.15) is 32.6 Å². The van der Waals surface area contributed by atoms with Crippen molar-refractivity contribution in [2.75, 3.05) is 18.5 Å². The summed E-state index contributed by atoms with van der Waals surface area (Å²) in [5.74, 6) is 0.561. The Morgan fingerprint density at radius 3 is 2.73 bits per heavy atom. The van der Waals surface area contributed by atoms with E-state index in [9.17, 15) is 9.59 Å². The second-order valence-corrected chi connectivity index (χ2v) is 5.29. The van der Waals surface area contributed by atoms with Gasteiger partial charge >= 0.3 is 5.69 Å². The minimum Gasteiger partial charge on any atom is -0.396 e. The van der Waals surface area contributed by atoms with E-state index >= 15 is 0 Å². The van der Waals surface area contributed by atoms with Crippen molar-refractivity contribution in [1.29, 1.82) is 0 Å². The predicted molar refractivity (Wildman–Crippen MR) is 85.3 cm³/mol. The quantitative estimate of drug-likeness (QED) is 0.613. The largest absolute Gasteiger partial charge is 0.396 e. The third-order valence-electron chi connectivity index (χ3n) is 3.61. The number of hydrogen-bond acceptors (Lipinski definition) is 5. The van der Waals surface area contributed by atoms with E-state index in [1.54, 1.807) is 7.05 Å². The van der Waals surface area contributed by atoms with Crippen LogP contribution in [0.15, 0.2) is 9.59 Å². The van der Waals surface area contributed by atoms with Gasteiger partial charge in [0.25, 0.3) is 5.56 Å². The van der Waals surface area contributed by atoms with Crippen LogP contribution in [0.25, 0.3) is 11.2 Å². The number of H-pyrrole nitrogens is 1. The average Bonchev–Trinajstić information content (AvgIpc) is 2.85. The van der Waals surface area contributed by atoms with Crippen LogP contribution in [0.4, 0.5) is 5.95 Å². The Kier molecular flexibility index (Phi) is 5.37. The molecule has 2 aromatic heterocycles. The molecule has 0 bridgehead atoms. The first-order valence-corrected chi connectivity index (χ1v) is 7.64. The molecule has 2 heterocycles. The number of nitrogens with zero attached hydrogens (tertiary/aromatic N) is 3. The van der Waals surface area contributed by atoms with Crippen LogP contribution in [0.2, 0.25) is 0 Å². The molecule has 8 heteroatoms. The number of aliphatic hydroxyl groups excluding tert-OH is 1. The summed E-state index contributed by atoms with van der Waals surface area (Å²) < 4.78 is 3.16. The lowest BCUT2D eigenvalue weighted by Crippen LogP contribution is -2.29. The molecule has 0 aliphatic heterocycles. The highest BCUT2D eigenvalue weighted by Crippen LogP contribution is 2.16. The van der Waals surface area contributed by atoms with E-state index in [0.29, 0.717) is 36.6 Å². The fourth-order valence-corrected chi connectivity index (χ4v) is 2.39. The zero-order valence-corrected chi connectivity index (χ0v) is 13.1. The van der Waals surface area contributed by atoms with Crippen molar-refractivity contribution < 1.29 is 5.11 Å². The Bertz CT molecular complexity index is 743. The van der Waals surface area contributed by atoms with E-state index in [-0.39, 0.29) is 6.61 Å². The SMILES string of the molecule is CCCCCn1c(NCCCO)nc2c1c(=O)[nH]c(=O)n2C. The van der Waals surface area contributed by atoms with Crippen molar-refractivity contribution in [3.8, 4) is 0 Å². The molecule has 3 N–H and O–H groups in total. The highest BCUT2D eigenvalue weighted by molar-refractivity contribution is 5.74. The van der Waals surface area contributed by atoms with E-state index in [0.717, 1.165) is 19.3 Å². The number of aryl methyl sites for hydroxylation is 2. The van der Waals surface area contributed by atoms with Crippen LogP contribution in [-0.2, 0) is 13.6 Å². The van der Waals surface area contributed by atoms with Crippen molar-refractivity contribution in [2.24, 2.45) is 7.05 Å². The topological polar surface area (TPSA) is 105 Å². The normalized spacial score (nSPS) is 11.2. The summed E-state index contributed by atoms with van der Waals surface area (Å²) in [4.78, 5) is 30.6. The smallest absolute Gasteiger partial charge is 0.329 e. The van der Waals surface area contributed by atoms with E-state index in [2.05, 4.69) is 22.2 Å². The maximum absolute atomic E-state index is 12.2. The Labute approximate surface area is 127 Å². The highest BCUT2D eigenvalue weighted by atomic mass is 16.3. The number of aromatic amines is 1. The van der Waals surface area contributed by atoms with E-state index in [1.807, 2.05) is 4.57 Å². The maximum Gasteiger partial charge on any atom is 0.329 e. The summed E-state index contributed by atoms with van der Waals surface area (Å²) in [7, 11) is 1.58. The maximum atomic E-state index is 12.2. The van der Waals surface area contributed by atoms with Crippen LogP contribution < -0.4 is 16.6 Å². The number of aliphatic hydroxyl groups is 1. The number of fused-ring (bicyclic) bond motifs is 1. The van der Waals surface area contributed by atoms with Crippen molar-refractivity contribution in [3.63, 3.8) is 0 Å². The molecule has 0 spiro atoms. The summed E-state index contributed by atoms with van der Waals surface area (Å²) in [5.41, 5.74) is -0.114. The third kappa shape index (κ3) is 3.22. The van der Waals surface area contributed by atoms with Crippen LogP contribution >= 0.6 is 0 Å². The first-order valence-electron chi connectivity index (χ1n) is 7.64. The van der Waals surface area contributed by atoms with Gasteiger partial charge in [0.15, 0.2) is 11.2 Å². The molecular formula is C14H23N5O3. The summed E-state index contributed by atoms with van der Waals surface area (Å²) in [6.45, 7) is 3.41. The Morgan fingerprint density at radius 2 is 2.05 bits per heavy atom. The average molecular weight is 309 g/mol. The molecule has 0 aromatic carbocycles. The molecule has 0 amide bonds. The summed E-state index contributed by atoms with van der Waals surface area (Å²) in [6, 6.07) is 0. The molecule has 0 atom stereocenters. The lowest BCUT2D eigenvalue weighted by atomic mass is 10.2. The van der Waals surface area contributed by atoms with Crippen LogP contribution in [0.5, 0.6) is 0 Å². The number of aromatic nitrogens is 4. The van der Waals surface area contributed by atoms with Gasteiger partial charge in [-0.15, -0.1) is 0 Å². The fraction of sp³-hybridized carbons (Fsp3) is 0.643. The number of rotatable bonds is 8. The van der Waals surface area contributed by atoms with Crippen molar-refractivity contribution in [3.05, 3.63) is 20.8 Å². The van der Waals surface area contributed by atoms with E-state index in [4.69, 9.17) is 5.11 Å². The minimum atomic E-state index is -0.474. The number of nitrogens with one attached hydrogen (secondary N) is 2. The summed E-state index contributed by atoms with van der Waals surface area (Å²) in [6.07, 6.45) is 3.65. The minimum absolute atomic E-state index is 0.0854. The monoisotopic (exact) mass is 309 g/mol. The van der Waals surface area contributed by atoms with E-state index < -0.39 is 11.2 Å². The molecule has 0 fully saturated rings. The lowest BCUT2D eigenvalue weighted by Gasteiger charge is -2.09. The van der Waals surface area contributed by atoms with Gasteiger partial charge in [0, 0.05) is 26.7 Å². The van der Waals surface area contributed by atoms with Crippen molar-refractivity contribution in [2.45, 2.75) is 39.2 Å². The van der Waals surface area contributed by atoms with Crippen LogP contribution in [0.3, 0.4) is 0 Å². The molecule has 122 valence electrons. The molecule has 2 aromatic rings. The molecule has 0 saturated heterocycles. The van der Waals surface area contributed by atoms with Crippen LogP contribution in [0, 0.1) is 0 Å². The molecule has 8 nitrogen and oxygen atoms in total. The Morgan fingerprint density at radius 1 is 1.27 bits per heavy atom. The van der Waals surface area contributed by atoms with Crippen molar-refractivity contribution >= 4 is 17.1 Å². The van der Waals surface area contributed by atoms with Gasteiger partial charge in [0.1, 0.15) is 0 Å². The highest BCUT2D eigenvalue weighted by Gasteiger charge is 2.16. The standard InChI is InChI=1S/C14H23N5O3/c1-3-4-5-8-19-10-11(16-13(19)15-7-6-9-20)18(2)14(22)17-12(10)21/h20H,3-9H2,1-2H3,(H,15,16)(H,17,21,22). The first kappa shape index (κ1) is 16.3. The Hall–Kier alpha value is -2.09. The van der Waals surface area contributed by atoms with Crippen molar-refractivity contribution in [1.82, 2.24) is 19.1 Å². The molecule has 0 aliphatic rings. The molecule has 2 rings (SSSR count). The molecule has 0 aliphatic carbocycles. The second-order valence-electron chi connectivity index (χ2n) is 5.29. The zero-order valence-electron chi connectivity index (χ0n) is 13.1. The molecule has 0 radical (unpaired) electrons. The van der Waals surface area contributed by atoms with Gasteiger partial charge in [0.05, 0.1) is 0 Å². The van der Waals surface area contributed by atoms with Gasteiger partial charge in [0.2, 0.25) is 5.95 Å². The summed E-state index contributed by atoms with van der Waals surface area (Å²) >= 11 is 0. The summed E-state index contributed by atoms with van der Waals surface area (Å²) in [5, 5.41) is 12.0. The van der Waals surface area contributed by atoms with Gasteiger partial charge < -0.3 is 15.0 Å². The zero-order chi connectivity index (χ0) is 16.1. The van der Waals surface area contributed by atoms with Gasteiger partial charge in [-0.2, -0.15) is 4.98 Å². The number of anilines is 1. The second kappa shape index (κ2) is 7.26. The molecule has 0 saturated carbocycles. The predicted octanol–water partition coefficient (Wildman–Crippen LogP) is 0.408.